The molecule has 0 amide bonds. The van der Waals surface area contributed by atoms with Crippen LogP contribution in [0.1, 0.15) is 148 Å². The molecule has 15 rings (SSSR count). The van der Waals surface area contributed by atoms with Crippen molar-refractivity contribution in [3.05, 3.63) is 407 Å². The number of ether oxygens (including phenoxy) is 4. The topological polar surface area (TPSA) is 292 Å². The molecule has 3 heterocycles. The number of carbonyl (C=O) groups is 3. The molecule has 0 spiro atoms. The Balaban J connectivity index is 0.000000210. The highest BCUT2D eigenvalue weighted by Gasteiger charge is 2.34. The monoisotopic (exact) mass is 1910 g/mol. The summed E-state index contributed by atoms with van der Waals surface area (Å²) in [5.41, 5.74) is 12.3. The molecule has 0 unspecified atom stereocenters. The SMILES string of the molecule is C.C.C.COC(=O)c1ccc(Cn2cnnc2CN(CCCCc2ccccc2)S(=O)(=O)c2cc(-c3ccccc3)ccc2OC)cc1.COC(=O)c1ccc(Cn2cnnc2CN(CCCCc2ccccc2)S(=O)(=O)c2cc(F)c(-c3ccccc3)cc2F)cc1.COC(=O)c1ccc(Cn2cnnc2CN(CCCCc2ccccc2)S(=O)(=O)c2ccc(-c3ccccc3)cc2C)cc1. The molecule has 25 nitrogen and oxygen atoms in total. The molecule has 0 aliphatic heterocycles. The second-order valence-corrected chi connectivity index (χ2v) is 37.5. The summed E-state index contributed by atoms with van der Waals surface area (Å²) >= 11 is 0. The molecule has 0 bridgehead atoms. The summed E-state index contributed by atoms with van der Waals surface area (Å²) in [6.45, 7) is 3.53. The average Bonchev–Trinajstić information content (AvgIpc) is 1.71. The Hall–Kier alpha value is -14.1. The van der Waals surface area contributed by atoms with E-state index in [9.17, 15) is 39.6 Å². The van der Waals surface area contributed by atoms with Crippen LogP contribution in [0.2, 0.25) is 0 Å². The van der Waals surface area contributed by atoms with Crippen LogP contribution in [0.25, 0.3) is 33.4 Å². The van der Waals surface area contributed by atoms with Crippen LogP contribution < -0.4 is 4.74 Å². The molecule has 0 radical (unpaired) electrons. The fourth-order valence-electron chi connectivity index (χ4n) is 15.3. The second kappa shape index (κ2) is 51.0. The summed E-state index contributed by atoms with van der Waals surface area (Å²) in [5, 5.41) is 24.9. The summed E-state index contributed by atoms with van der Waals surface area (Å²) in [6.07, 6.45) is 11.3. The average molecular weight is 1910 g/mol. The smallest absolute Gasteiger partial charge is 0.337 e. The number of aryl methyl sites for hydroxylation is 4. The van der Waals surface area contributed by atoms with Gasteiger partial charge in [0, 0.05) is 25.2 Å². The van der Waals surface area contributed by atoms with Gasteiger partial charge in [-0.15, -0.1) is 30.6 Å². The lowest BCUT2D eigenvalue weighted by Crippen LogP contribution is -2.33. The highest BCUT2D eigenvalue weighted by Crippen LogP contribution is 2.36. The minimum absolute atomic E-state index is 0. The van der Waals surface area contributed by atoms with E-state index in [0.29, 0.717) is 97.2 Å². The van der Waals surface area contributed by atoms with E-state index in [0.717, 1.165) is 93.0 Å². The summed E-state index contributed by atoms with van der Waals surface area (Å²) in [5.74, 6) is -1.53. The van der Waals surface area contributed by atoms with Gasteiger partial charge in [-0.05, 0) is 198 Å². The van der Waals surface area contributed by atoms with Crippen LogP contribution in [-0.4, -0.2) is 148 Å². The Bertz CT molecular complexity index is 6740. The van der Waals surface area contributed by atoms with Crippen LogP contribution in [0.4, 0.5) is 8.78 Å². The van der Waals surface area contributed by atoms with Gasteiger partial charge >= 0.3 is 17.9 Å². The Kier molecular flexibility index (Phi) is 39.0. The van der Waals surface area contributed by atoms with Crippen LogP contribution in [0.3, 0.4) is 0 Å². The van der Waals surface area contributed by atoms with Gasteiger partial charge in [-0.25, -0.2) is 48.4 Å². The first kappa shape index (κ1) is 105. The van der Waals surface area contributed by atoms with Crippen LogP contribution in [0, 0.1) is 18.6 Å². The van der Waals surface area contributed by atoms with E-state index in [1.54, 1.807) is 114 Å². The van der Waals surface area contributed by atoms with Crippen molar-refractivity contribution in [2.24, 2.45) is 0 Å². The van der Waals surface area contributed by atoms with Crippen molar-refractivity contribution in [3.63, 3.8) is 0 Å². The Morgan fingerprint density at radius 3 is 0.971 bits per heavy atom. The van der Waals surface area contributed by atoms with Gasteiger partial charge in [0.25, 0.3) is 0 Å². The number of hydrogen-bond donors (Lipinski definition) is 0. The summed E-state index contributed by atoms with van der Waals surface area (Å²) in [4.78, 5) is 35.1. The molecule has 30 heteroatoms. The zero-order valence-corrected chi connectivity index (χ0v) is 77.4. The third-order valence-corrected chi connectivity index (χ3v) is 28.4. The molecule has 15 aromatic rings. The van der Waals surface area contributed by atoms with Gasteiger partial charge < -0.3 is 32.6 Å². The first-order valence-electron chi connectivity index (χ1n) is 43.7. The second-order valence-electron chi connectivity index (χ2n) is 31.7. The molecule has 0 fully saturated rings. The number of unbranched alkanes of at least 4 members (excludes halogenated alkanes) is 3. The molecule has 137 heavy (non-hydrogen) atoms. The van der Waals surface area contributed by atoms with Crippen molar-refractivity contribution in [1.82, 2.24) is 57.2 Å². The number of hydrogen-bond acceptors (Lipinski definition) is 19. The van der Waals surface area contributed by atoms with Gasteiger partial charge in [-0.1, -0.05) is 259 Å². The van der Waals surface area contributed by atoms with Crippen LogP contribution in [-0.2, 0) is 103 Å². The van der Waals surface area contributed by atoms with Crippen LogP contribution in [0.15, 0.2) is 337 Å². The minimum atomic E-state index is -4.50. The number of halogens is 2. The van der Waals surface area contributed by atoms with Gasteiger partial charge in [-0.2, -0.15) is 12.9 Å². The van der Waals surface area contributed by atoms with Crippen molar-refractivity contribution in [1.29, 1.82) is 0 Å². The van der Waals surface area contributed by atoms with E-state index in [1.165, 1.54) is 54.5 Å². The first-order valence-corrected chi connectivity index (χ1v) is 48.0. The van der Waals surface area contributed by atoms with Gasteiger partial charge in [0.1, 0.15) is 63.6 Å². The molecule has 0 saturated heterocycles. The lowest BCUT2D eigenvalue weighted by Gasteiger charge is -2.24. The molecule has 0 saturated carbocycles. The zero-order valence-electron chi connectivity index (χ0n) is 75.0. The van der Waals surface area contributed by atoms with E-state index in [-0.39, 0.29) is 76.1 Å². The molecule has 0 aliphatic carbocycles. The summed E-state index contributed by atoms with van der Waals surface area (Å²) in [7, 11) is -6.91. The lowest BCUT2D eigenvalue weighted by atomic mass is 10.0. The van der Waals surface area contributed by atoms with Crippen molar-refractivity contribution >= 4 is 48.0 Å². The third kappa shape index (κ3) is 28.3. The fraction of sp³-hybridized carbons (Fsp3) is 0.243. The van der Waals surface area contributed by atoms with Crippen molar-refractivity contribution in [2.75, 3.05) is 48.1 Å². The molecular weight excluding hydrogens is 1800 g/mol. The normalized spacial score (nSPS) is 11.3. The molecular formula is C107H116F2N12O13S3. The fourth-order valence-corrected chi connectivity index (χ4v) is 20.1. The Morgan fingerprint density at radius 2 is 0.635 bits per heavy atom. The number of aromatic nitrogens is 9. The van der Waals surface area contributed by atoms with Crippen LogP contribution >= 0.6 is 0 Å². The van der Waals surface area contributed by atoms with E-state index >= 15 is 8.78 Å². The van der Waals surface area contributed by atoms with Gasteiger partial charge in [0.15, 0.2) is 0 Å². The lowest BCUT2D eigenvalue weighted by molar-refractivity contribution is 0.0592. The quantitative estimate of drug-likeness (QED) is 0.0196. The molecule has 714 valence electrons. The van der Waals surface area contributed by atoms with Crippen molar-refractivity contribution < 1.29 is 67.4 Å². The molecule has 0 N–H and O–H groups in total. The predicted molar refractivity (Wildman–Crippen MR) is 529 cm³/mol. The maximum absolute atomic E-state index is 15.5. The van der Waals surface area contributed by atoms with Crippen LogP contribution in [0.5, 0.6) is 5.75 Å². The standard InChI is InChI=1S/C35H36N4O5S.C35H36N4O4S.C34H32F2N4O4S.3CH4/c1-43-32-21-20-31(29-14-7-4-8-15-29)23-33(32)45(41,42)39(22-10-9-13-27-11-5-3-6-12-27)25-34-37-36-26-38(34)24-28-16-18-30(19-17-28)35(40)44-2;1-27-23-32(30-14-7-4-8-15-30)20-21-33(27)44(41,42)39(22-10-9-13-28-11-5-3-6-12-28)25-34-37-36-26-38(34)24-29-16-18-31(19-17-29)35(40)43-2;1-44-34(41)28-17-15-26(16-18-28)22-39-24-37-38-33(39)23-40(19-9-8-12-25-10-4-2-5-11-25)45(42,43)32-21-30(35)29(20-31(32)36)27-13-6-3-7-14-27;;;/h3-8,11-12,14-21,23,26H,9-10,13,22,24-25H2,1-2H3;3-8,11-12,14-21,23,26H,9-10,13,22,24-25H2,1-2H3;2-7,10-11,13-18,20-21,24H,8-9,12,19,22-23H2,1H3;3*1H4. The van der Waals surface area contributed by atoms with Gasteiger partial charge in [-0.3, -0.25) is 0 Å². The van der Waals surface area contributed by atoms with E-state index in [1.807, 2.05) is 186 Å². The zero-order chi connectivity index (χ0) is 94.4. The summed E-state index contributed by atoms with van der Waals surface area (Å²) < 4.78 is 145. The van der Waals surface area contributed by atoms with E-state index in [2.05, 4.69) is 54.9 Å². The predicted octanol–water partition coefficient (Wildman–Crippen LogP) is 20.5. The number of benzene rings is 12. The van der Waals surface area contributed by atoms with E-state index < -0.39 is 64.5 Å². The maximum atomic E-state index is 15.5. The van der Waals surface area contributed by atoms with Crippen molar-refractivity contribution in [2.45, 2.75) is 141 Å². The van der Waals surface area contributed by atoms with Crippen molar-refractivity contribution in [3.8, 4) is 39.1 Å². The number of rotatable bonds is 40. The maximum Gasteiger partial charge on any atom is 0.337 e. The number of sulfonamides is 3. The number of esters is 3. The van der Waals surface area contributed by atoms with E-state index in [4.69, 9.17) is 18.9 Å². The third-order valence-electron chi connectivity index (χ3n) is 22.6. The number of carbonyl (C=O) groups excluding carboxylic acids is 3. The highest BCUT2D eigenvalue weighted by atomic mass is 32.2. The Morgan fingerprint density at radius 1 is 0.321 bits per heavy atom. The first-order chi connectivity index (χ1) is 65.0. The molecule has 12 aromatic carbocycles. The molecule has 0 atom stereocenters. The highest BCUT2D eigenvalue weighted by molar-refractivity contribution is 7.89. The molecule has 0 aliphatic rings. The number of methoxy groups -OCH3 is 4. The Labute approximate surface area is 802 Å². The number of nitrogens with zero attached hydrogens (tertiary/aromatic N) is 12. The minimum Gasteiger partial charge on any atom is -0.495 e. The molecule has 3 aromatic heterocycles. The van der Waals surface area contributed by atoms with Gasteiger partial charge in [0.2, 0.25) is 30.1 Å². The summed E-state index contributed by atoms with van der Waals surface area (Å²) in [6, 6.07) is 91.4. The largest absolute Gasteiger partial charge is 0.495 e. The van der Waals surface area contributed by atoms with Gasteiger partial charge in [0.05, 0.1) is 89.3 Å².